The molecule has 0 unspecified atom stereocenters. The van der Waals surface area contributed by atoms with Gasteiger partial charge in [-0.15, -0.1) is 0 Å². The first kappa shape index (κ1) is 10.5. The third kappa shape index (κ3) is 2.23. The summed E-state index contributed by atoms with van der Waals surface area (Å²) in [6.45, 7) is 2.68. The number of aliphatic imine (C=N–C) groups is 1. The Labute approximate surface area is 83.2 Å². The number of aryl methyl sites for hydroxylation is 1. The average molecular weight is 196 g/mol. The number of hydrazine groups is 1. The average Bonchev–Trinajstić information content (AvgIpc) is 2.51. The lowest BCUT2D eigenvalue weighted by atomic mass is 10.2. The topological polar surface area (TPSA) is 80.3 Å². The smallest absolute Gasteiger partial charge is 0.205 e. The molecule has 0 aromatic carbocycles. The molecule has 1 rings (SSSR count). The molecule has 0 spiro atoms. The summed E-state index contributed by atoms with van der Waals surface area (Å²) in [7, 11) is 3.58. The molecule has 1 aromatic heterocycles. The largest absolute Gasteiger partial charge is 0.351 e. The molecule has 0 amide bonds. The summed E-state index contributed by atoms with van der Waals surface area (Å²) >= 11 is 0. The molecule has 1 aromatic rings. The quantitative estimate of drug-likeness (QED) is 0.252. The summed E-state index contributed by atoms with van der Waals surface area (Å²) in [5.74, 6) is 5.79. The minimum Gasteiger partial charge on any atom is -0.351 e. The fourth-order valence-electron chi connectivity index (χ4n) is 1.09. The zero-order valence-electron chi connectivity index (χ0n) is 8.70. The van der Waals surface area contributed by atoms with Gasteiger partial charge in [0.05, 0.1) is 6.20 Å². The van der Waals surface area contributed by atoms with Gasteiger partial charge < -0.3 is 5.32 Å². The van der Waals surface area contributed by atoms with E-state index in [2.05, 4.69) is 20.8 Å². The van der Waals surface area contributed by atoms with Crippen LogP contribution in [0.3, 0.4) is 0 Å². The zero-order chi connectivity index (χ0) is 10.6. The molecule has 4 N–H and O–H groups in total. The molecule has 14 heavy (non-hydrogen) atoms. The van der Waals surface area contributed by atoms with Crippen LogP contribution in [0.4, 0.5) is 0 Å². The van der Waals surface area contributed by atoms with Gasteiger partial charge in [0.25, 0.3) is 0 Å². The molecule has 6 nitrogen and oxygen atoms in total. The van der Waals surface area contributed by atoms with E-state index < -0.39 is 0 Å². The van der Waals surface area contributed by atoms with Gasteiger partial charge in [-0.05, 0) is 6.92 Å². The lowest BCUT2D eigenvalue weighted by Gasteiger charge is -2.07. The highest BCUT2D eigenvalue weighted by Gasteiger charge is 2.03. The van der Waals surface area contributed by atoms with E-state index in [-0.39, 0.29) is 0 Å². The maximum Gasteiger partial charge on any atom is 0.205 e. The lowest BCUT2D eigenvalue weighted by Crippen LogP contribution is -2.41. The first-order valence-electron chi connectivity index (χ1n) is 4.33. The fraction of sp³-hybridized carbons (Fsp3) is 0.500. The summed E-state index contributed by atoms with van der Waals surface area (Å²) in [5, 5.41) is 7.18. The Bertz CT molecular complexity index is 327. The predicted octanol–water partition coefficient (Wildman–Crippen LogP) is -0.733. The van der Waals surface area contributed by atoms with Crippen molar-refractivity contribution in [3.05, 3.63) is 17.5 Å². The number of rotatable bonds is 2. The Morgan fingerprint density at radius 1 is 1.71 bits per heavy atom. The minimum atomic E-state index is 0.563. The van der Waals surface area contributed by atoms with E-state index in [0.717, 1.165) is 11.3 Å². The molecule has 0 atom stereocenters. The molecule has 0 aliphatic heterocycles. The highest BCUT2D eigenvalue weighted by atomic mass is 15.3. The van der Waals surface area contributed by atoms with Crippen LogP contribution in [0.25, 0.3) is 0 Å². The molecule has 1 heterocycles. The molecule has 0 aliphatic carbocycles. The number of nitrogens with zero attached hydrogens (tertiary/aromatic N) is 3. The summed E-state index contributed by atoms with van der Waals surface area (Å²) in [5.41, 5.74) is 4.72. The van der Waals surface area contributed by atoms with Crippen LogP contribution in [0.1, 0.15) is 11.3 Å². The Morgan fingerprint density at radius 3 is 2.86 bits per heavy atom. The molecule has 0 fully saturated rings. The zero-order valence-corrected chi connectivity index (χ0v) is 8.70. The number of hydrogen-bond donors (Lipinski definition) is 3. The van der Waals surface area contributed by atoms with Crippen LogP contribution in [-0.4, -0.2) is 22.8 Å². The van der Waals surface area contributed by atoms with Gasteiger partial charge in [0.1, 0.15) is 0 Å². The van der Waals surface area contributed by atoms with Gasteiger partial charge in [-0.25, -0.2) is 5.84 Å². The molecule has 6 heteroatoms. The van der Waals surface area contributed by atoms with Crippen molar-refractivity contribution in [3.8, 4) is 0 Å². The fourth-order valence-corrected chi connectivity index (χ4v) is 1.09. The van der Waals surface area contributed by atoms with Crippen LogP contribution >= 0.6 is 0 Å². The van der Waals surface area contributed by atoms with Gasteiger partial charge >= 0.3 is 0 Å². The van der Waals surface area contributed by atoms with Crippen molar-refractivity contribution in [3.63, 3.8) is 0 Å². The Kier molecular flexibility index (Phi) is 3.47. The summed E-state index contributed by atoms with van der Waals surface area (Å²) in [6.07, 6.45) is 1.83. The second-order valence-corrected chi connectivity index (χ2v) is 2.95. The highest BCUT2D eigenvalue weighted by molar-refractivity contribution is 5.78. The molecule has 0 saturated heterocycles. The van der Waals surface area contributed by atoms with Crippen molar-refractivity contribution in [2.75, 3.05) is 7.05 Å². The molecular formula is C8H16N6. The number of hydrogen-bond acceptors (Lipinski definition) is 3. The Balaban J connectivity index is 2.58. The van der Waals surface area contributed by atoms with E-state index in [4.69, 9.17) is 5.84 Å². The second kappa shape index (κ2) is 4.61. The maximum absolute atomic E-state index is 5.23. The number of nitrogens with one attached hydrogen (secondary N) is 2. The van der Waals surface area contributed by atoms with Crippen molar-refractivity contribution in [2.24, 2.45) is 17.9 Å². The molecule has 0 aliphatic rings. The first-order chi connectivity index (χ1) is 6.69. The van der Waals surface area contributed by atoms with Gasteiger partial charge in [-0.3, -0.25) is 15.1 Å². The van der Waals surface area contributed by atoms with E-state index in [9.17, 15) is 0 Å². The Morgan fingerprint density at radius 2 is 2.43 bits per heavy atom. The van der Waals surface area contributed by atoms with Crippen molar-refractivity contribution >= 4 is 5.96 Å². The van der Waals surface area contributed by atoms with Gasteiger partial charge in [-0.2, -0.15) is 5.10 Å². The Hall–Kier alpha value is -1.56. The van der Waals surface area contributed by atoms with Crippen LogP contribution in [0, 0.1) is 6.92 Å². The van der Waals surface area contributed by atoms with Gasteiger partial charge in [0.2, 0.25) is 5.96 Å². The minimum absolute atomic E-state index is 0.563. The van der Waals surface area contributed by atoms with Crippen LogP contribution in [-0.2, 0) is 13.6 Å². The summed E-state index contributed by atoms with van der Waals surface area (Å²) < 4.78 is 1.83. The molecule has 0 radical (unpaired) electrons. The normalized spacial score (nSPS) is 11.6. The maximum atomic E-state index is 5.23. The predicted molar refractivity (Wildman–Crippen MR) is 55.5 cm³/mol. The van der Waals surface area contributed by atoms with E-state index in [0.29, 0.717) is 12.5 Å². The third-order valence-corrected chi connectivity index (χ3v) is 2.14. The SMILES string of the molecule is CN=C(NN)NCc1cnn(C)c1C. The van der Waals surface area contributed by atoms with Gasteiger partial charge in [0.15, 0.2) is 0 Å². The molecule has 0 bridgehead atoms. The molecule has 78 valence electrons. The van der Waals surface area contributed by atoms with E-state index in [1.165, 1.54) is 0 Å². The monoisotopic (exact) mass is 196 g/mol. The van der Waals surface area contributed by atoms with Crippen LogP contribution in [0.2, 0.25) is 0 Å². The van der Waals surface area contributed by atoms with Gasteiger partial charge in [0, 0.05) is 31.9 Å². The second-order valence-electron chi connectivity index (χ2n) is 2.95. The van der Waals surface area contributed by atoms with E-state index >= 15 is 0 Å². The van der Waals surface area contributed by atoms with Crippen molar-refractivity contribution < 1.29 is 0 Å². The molecular weight excluding hydrogens is 180 g/mol. The van der Waals surface area contributed by atoms with Crippen molar-refractivity contribution in [2.45, 2.75) is 13.5 Å². The van der Waals surface area contributed by atoms with Crippen LogP contribution in [0.5, 0.6) is 0 Å². The van der Waals surface area contributed by atoms with Crippen molar-refractivity contribution in [1.29, 1.82) is 0 Å². The number of guanidine groups is 1. The highest BCUT2D eigenvalue weighted by Crippen LogP contribution is 2.04. The van der Waals surface area contributed by atoms with E-state index in [1.807, 2.05) is 24.9 Å². The standard InChI is InChI=1S/C8H16N6/c1-6-7(5-12-14(6)3)4-11-8(10-2)13-9/h5H,4,9H2,1-3H3,(H2,10,11,13). The number of nitrogens with two attached hydrogens (primary N) is 1. The summed E-state index contributed by atoms with van der Waals surface area (Å²) in [6, 6.07) is 0. The first-order valence-corrected chi connectivity index (χ1v) is 4.33. The summed E-state index contributed by atoms with van der Waals surface area (Å²) in [4.78, 5) is 3.90. The van der Waals surface area contributed by atoms with Gasteiger partial charge in [-0.1, -0.05) is 0 Å². The van der Waals surface area contributed by atoms with Crippen molar-refractivity contribution in [1.82, 2.24) is 20.5 Å². The van der Waals surface area contributed by atoms with Crippen LogP contribution < -0.4 is 16.6 Å². The lowest BCUT2D eigenvalue weighted by molar-refractivity contribution is 0.735. The van der Waals surface area contributed by atoms with Crippen LogP contribution in [0.15, 0.2) is 11.2 Å². The number of aromatic nitrogens is 2. The van der Waals surface area contributed by atoms with E-state index in [1.54, 1.807) is 7.05 Å². The molecule has 0 saturated carbocycles. The third-order valence-electron chi connectivity index (χ3n) is 2.14.